The van der Waals surface area contributed by atoms with Crippen LogP contribution in [0.5, 0.6) is 0 Å². The number of benzene rings is 1. The molecule has 0 saturated carbocycles. The molecular formula is C14H14F2N2O5. The van der Waals surface area contributed by atoms with Gasteiger partial charge in [0, 0.05) is 18.7 Å². The molecule has 1 atom stereocenters. The van der Waals surface area contributed by atoms with Crippen LogP contribution in [0.2, 0.25) is 0 Å². The molecule has 0 spiro atoms. The van der Waals surface area contributed by atoms with Crippen LogP contribution in [0.3, 0.4) is 0 Å². The number of piperidine rings is 1. The van der Waals surface area contributed by atoms with Crippen LogP contribution in [0.15, 0.2) is 24.3 Å². The second-order valence-electron chi connectivity index (χ2n) is 5.19. The lowest BCUT2D eigenvalue weighted by Crippen LogP contribution is -2.51. The molecule has 9 heteroatoms. The summed E-state index contributed by atoms with van der Waals surface area (Å²) in [6, 6.07) is 5.34. The molecule has 7 nitrogen and oxygen atoms in total. The summed E-state index contributed by atoms with van der Waals surface area (Å²) in [7, 11) is 0. The molecule has 0 N–H and O–H groups in total. The van der Waals surface area contributed by atoms with E-state index in [0.29, 0.717) is 5.56 Å². The number of carbonyl (C=O) groups excluding carboxylic acids is 2. The van der Waals surface area contributed by atoms with Crippen molar-refractivity contribution < 1.29 is 28.0 Å². The number of carbonyl (C=O) groups is 2. The smallest absolute Gasteiger partial charge is 0.410 e. The normalized spacial score (nSPS) is 19.9. The molecule has 1 fully saturated rings. The van der Waals surface area contributed by atoms with Gasteiger partial charge in [0.1, 0.15) is 12.9 Å². The van der Waals surface area contributed by atoms with Crippen molar-refractivity contribution in [2.75, 3.05) is 13.1 Å². The van der Waals surface area contributed by atoms with Gasteiger partial charge in [0.2, 0.25) is 0 Å². The molecule has 1 aromatic carbocycles. The number of nitro benzene ring substituents is 1. The number of amides is 1. The summed E-state index contributed by atoms with van der Waals surface area (Å²) in [5.74, 6) is -4.66. The fourth-order valence-corrected chi connectivity index (χ4v) is 2.23. The third kappa shape index (κ3) is 3.99. The van der Waals surface area contributed by atoms with Crippen LogP contribution in [-0.2, 0) is 16.1 Å². The molecule has 1 amide bonds. The number of likely N-dealkylation sites (tertiary alicyclic amines) is 1. The van der Waals surface area contributed by atoms with E-state index in [1.165, 1.54) is 24.3 Å². The molecule has 1 unspecified atom stereocenters. The highest BCUT2D eigenvalue weighted by Gasteiger charge is 2.46. The van der Waals surface area contributed by atoms with Gasteiger partial charge in [-0.2, -0.15) is 0 Å². The molecule has 23 heavy (non-hydrogen) atoms. The minimum atomic E-state index is -3.27. The van der Waals surface area contributed by atoms with Crippen molar-refractivity contribution in [3.8, 4) is 0 Å². The van der Waals surface area contributed by atoms with Gasteiger partial charge in [0.05, 0.1) is 17.4 Å². The lowest BCUT2D eigenvalue weighted by molar-refractivity contribution is -0.384. The quantitative estimate of drug-likeness (QED) is 0.481. The predicted octanol–water partition coefficient (Wildman–Crippen LogP) is 2.39. The molecule has 1 aliphatic rings. The van der Waals surface area contributed by atoms with Crippen LogP contribution in [-0.4, -0.2) is 41.2 Å². The van der Waals surface area contributed by atoms with E-state index >= 15 is 0 Å². The summed E-state index contributed by atoms with van der Waals surface area (Å²) >= 11 is 0. The fourth-order valence-electron chi connectivity index (χ4n) is 2.23. The first kappa shape index (κ1) is 16.8. The van der Waals surface area contributed by atoms with Crippen molar-refractivity contribution in [1.82, 2.24) is 4.90 Å². The number of aldehydes is 1. The third-order valence-corrected chi connectivity index (χ3v) is 3.59. The van der Waals surface area contributed by atoms with Gasteiger partial charge in [-0.3, -0.25) is 10.1 Å². The minimum absolute atomic E-state index is 0.0120. The Labute approximate surface area is 130 Å². The largest absolute Gasteiger partial charge is 0.445 e. The van der Waals surface area contributed by atoms with Gasteiger partial charge in [-0.25, -0.2) is 13.6 Å². The maximum absolute atomic E-state index is 13.6. The number of ether oxygens (including phenoxy) is 1. The van der Waals surface area contributed by atoms with Gasteiger partial charge in [-0.1, -0.05) is 0 Å². The van der Waals surface area contributed by atoms with Gasteiger partial charge >= 0.3 is 6.09 Å². The van der Waals surface area contributed by atoms with Crippen molar-refractivity contribution in [2.24, 2.45) is 5.92 Å². The molecule has 1 aliphatic heterocycles. The Morgan fingerprint density at radius 3 is 2.61 bits per heavy atom. The number of non-ortho nitro benzene ring substituents is 1. The zero-order valence-corrected chi connectivity index (χ0v) is 12.0. The average molecular weight is 328 g/mol. The van der Waals surface area contributed by atoms with Gasteiger partial charge in [-0.15, -0.1) is 0 Å². The molecule has 0 aromatic heterocycles. The van der Waals surface area contributed by atoms with E-state index in [2.05, 4.69) is 0 Å². The van der Waals surface area contributed by atoms with E-state index < -0.39 is 29.4 Å². The highest BCUT2D eigenvalue weighted by atomic mass is 19.3. The Balaban J connectivity index is 1.90. The summed E-state index contributed by atoms with van der Waals surface area (Å²) in [4.78, 5) is 33.2. The highest BCUT2D eigenvalue weighted by molar-refractivity contribution is 5.68. The monoisotopic (exact) mass is 328 g/mol. The van der Waals surface area contributed by atoms with E-state index in [1.807, 2.05) is 0 Å². The second-order valence-corrected chi connectivity index (χ2v) is 5.19. The lowest BCUT2D eigenvalue weighted by atomic mass is 9.95. The third-order valence-electron chi connectivity index (χ3n) is 3.59. The molecule has 124 valence electrons. The Kier molecular flexibility index (Phi) is 4.87. The Bertz CT molecular complexity index is 606. The Morgan fingerprint density at radius 1 is 1.43 bits per heavy atom. The molecule has 0 bridgehead atoms. The molecule has 0 radical (unpaired) electrons. The topological polar surface area (TPSA) is 89.8 Å². The van der Waals surface area contributed by atoms with Crippen molar-refractivity contribution in [3.63, 3.8) is 0 Å². The highest BCUT2D eigenvalue weighted by Crippen LogP contribution is 2.31. The first-order chi connectivity index (χ1) is 10.8. The number of alkyl halides is 2. The molecule has 0 aliphatic carbocycles. The molecule has 1 saturated heterocycles. The van der Waals surface area contributed by atoms with E-state index in [1.54, 1.807) is 0 Å². The van der Waals surface area contributed by atoms with E-state index in [-0.39, 0.29) is 31.5 Å². The van der Waals surface area contributed by atoms with Crippen molar-refractivity contribution in [2.45, 2.75) is 19.0 Å². The SMILES string of the molecule is O=CC1CCN(C(=O)OCc2ccc([N+](=O)[O-])cc2)CC1(F)F. The van der Waals surface area contributed by atoms with Gasteiger partial charge in [-0.05, 0) is 24.1 Å². The standard InChI is InChI=1S/C14H14F2N2O5/c15-14(16)9-17(6-5-11(14)7-19)13(20)23-8-10-1-3-12(4-2-10)18(21)22/h1-4,7,11H,5-6,8-9H2. The second kappa shape index (κ2) is 6.67. The number of hydrogen-bond donors (Lipinski definition) is 0. The summed E-state index contributed by atoms with van der Waals surface area (Å²) in [6.07, 6.45) is -0.824. The maximum atomic E-state index is 13.6. The number of halogens is 2. The summed E-state index contributed by atoms with van der Waals surface area (Å²) in [5, 5.41) is 10.5. The van der Waals surface area contributed by atoms with Crippen LogP contribution >= 0.6 is 0 Å². The molecular weight excluding hydrogens is 314 g/mol. The van der Waals surface area contributed by atoms with Crippen molar-refractivity contribution in [1.29, 1.82) is 0 Å². The lowest BCUT2D eigenvalue weighted by Gasteiger charge is -2.35. The van der Waals surface area contributed by atoms with Gasteiger partial charge < -0.3 is 14.4 Å². The first-order valence-electron chi connectivity index (χ1n) is 6.81. The van der Waals surface area contributed by atoms with Crippen molar-refractivity contribution in [3.05, 3.63) is 39.9 Å². The predicted molar refractivity (Wildman–Crippen MR) is 74.0 cm³/mol. The fraction of sp³-hybridized carbons (Fsp3) is 0.429. The van der Waals surface area contributed by atoms with Crippen LogP contribution in [0, 0.1) is 16.0 Å². The number of nitro groups is 1. The van der Waals surface area contributed by atoms with Crippen LogP contribution in [0.1, 0.15) is 12.0 Å². The van der Waals surface area contributed by atoms with Gasteiger partial charge in [0.15, 0.2) is 0 Å². The van der Waals surface area contributed by atoms with Crippen LogP contribution in [0.4, 0.5) is 19.3 Å². The molecule has 1 heterocycles. The summed E-state index contributed by atoms with van der Waals surface area (Å²) < 4.78 is 32.2. The van der Waals surface area contributed by atoms with E-state index in [0.717, 1.165) is 4.90 Å². The Hall–Kier alpha value is -2.58. The van der Waals surface area contributed by atoms with E-state index in [9.17, 15) is 28.5 Å². The maximum Gasteiger partial charge on any atom is 0.410 e. The molecule has 2 rings (SSSR count). The minimum Gasteiger partial charge on any atom is -0.445 e. The first-order valence-corrected chi connectivity index (χ1v) is 6.81. The van der Waals surface area contributed by atoms with Gasteiger partial charge in [0.25, 0.3) is 11.6 Å². The zero-order valence-electron chi connectivity index (χ0n) is 12.0. The number of rotatable bonds is 4. The van der Waals surface area contributed by atoms with E-state index in [4.69, 9.17) is 4.74 Å². The number of nitrogens with zero attached hydrogens (tertiary/aromatic N) is 2. The Morgan fingerprint density at radius 2 is 2.09 bits per heavy atom. The van der Waals surface area contributed by atoms with Crippen LogP contribution < -0.4 is 0 Å². The average Bonchev–Trinajstić information content (AvgIpc) is 2.52. The van der Waals surface area contributed by atoms with Crippen molar-refractivity contribution >= 4 is 18.1 Å². The summed E-state index contributed by atoms with van der Waals surface area (Å²) in [5.41, 5.74) is 0.397. The zero-order chi connectivity index (χ0) is 17.0. The molecule has 1 aromatic rings. The van der Waals surface area contributed by atoms with Crippen LogP contribution in [0.25, 0.3) is 0 Å². The summed E-state index contributed by atoms with van der Waals surface area (Å²) in [6.45, 7) is -1.04. The number of hydrogen-bond acceptors (Lipinski definition) is 5.